The molecule has 2 saturated heterocycles. The summed E-state index contributed by atoms with van der Waals surface area (Å²) >= 11 is 0. The Bertz CT molecular complexity index is 359. The fourth-order valence-electron chi connectivity index (χ4n) is 3.22. The highest BCUT2D eigenvalue weighted by Gasteiger charge is 2.38. The first-order valence-corrected chi connectivity index (χ1v) is 7.29. The molecule has 2 fully saturated rings. The van der Waals surface area contributed by atoms with Gasteiger partial charge in [0.2, 0.25) is 0 Å². The molecular formula is C14H24N2O3. The van der Waals surface area contributed by atoms with Gasteiger partial charge in [-0.3, -0.25) is 4.79 Å². The predicted octanol–water partition coefficient (Wildman–Crippen LogP) is 1.88. The monoisotopic (exact) mass is 268 g/mol. The number of aliphatic carboxylic acids is 1. The fourth-order valence-corrected chi connectivity index (χ4v) is 3.22. The predicted molar refractivity (Wildman–Crippen MR) is 71.8 cm³/mol. The van der Waals surface area contributed by atoms with E-state index in [1.165, 1.54) is 6.42 Å². The van der Waals surface area contributed by atoms with Gasteiger partial charge in [-0.2, -0.15) is 0 Å². The Kier molecular flexibility index (Phi) is 4.32. The molecule has 1 N–H and O–H groups in total. The van der Waals surface area contributed by atoms with Crippen LogP contribution < -0.4 is 0 Å². The lowest BCUT2D eigenvalue weighted by molar-refractivity contribution is -0.142. The first kappa shape index (κ1) is 14.2. The Morgan fingerprint density at radius 1 is 1.21 bits per heavy atom. The molecule has 2 heterocycles. The Balaban J connectivity index is 1.95. The first-order valence-electron chi connectivity index (χ1n) is 7.29. The summed E-state index contributed by atoms with van der Waals surface area (Å²) in [6, 6.07) is 0.0359. The standard InChI is InChI=1S/C14H24N2O3/c1-3-11-5-4-6-15(8-11)14(19)16-7-10(2)12(9-16)13(17)18/h10-12H,3-9H2,1-2H3,(H,17,18). The largest absolute Gasteiger partial charge is 0.481 e. The molecule has 0 aromatic rings. The third kappa shape index (κ3) is 3.01. The summed E-state index contributed by atoms with van der Waals surface area (Å²) in [7, 11) is 0. The van der Waals surface area contributed by atoms with Crippen LogP contribution in [0, 0.1) is 17.8 Å². The van der Waals surface area contributed by atoms with E-state index < -0.39 is 11.9 Å². The zero-order valence-electron chi connectivity index (χ0n) is 11.8. The van der Waals surface area contributed by atoms with Crippen molar-refractivity contribution in [3.63, 3.8) is 0 Å². The quantitative estimate of drug-likeness (QED) is 0.832. The molecule has 0 aliphatic carbocycles. The van der Waals surface area contributed by atoms with Crippen molar-refractivity contribution in [2.75, 3.05) is 26.2 Å². The fraction of sp³-hybridized carbons (Fsp3) is 0.857. The second-order valence-corrected chi connectivity index (χ2v) is 5.97. The highest BCUT2D eigenvalue weighted by molar-refractivity contribution is 5.77. The summed E-state index contributed by atoms with van der Waals surface area (Å²) in [5, 5.41) is 9.12. The van der Waals surface area contributed by atoms with Crippen LogP contribution in [0.5, 0.6) is 0 Å². The molecule has 0 aromatic carbocycles. The molecule has 0 aromatic heterocycles. The second-order valence-electron chi connectivity index (χ2n) is 5.97. The van der Waals surface area contributed by atoms with Crippen molar-refractivity contribution in [1.82, 2.24) is 9.80 Å². The summed E-state index contributed by atoms with van der Waals surface area (Å²) in [5.41, 5.74) is 0. The molecule has 0 spiro atoms. The molecule has 5 nitrogen and oxygen atoms in total. The number of rotatable bonds is 2. The normalized spacial score (nSPS) is 31.6. The lowest BCUT2D eigenvalue weighted by Crippen LogP contribution is -2.47. The van der Waals surface area contributed by atoms with Crippen LogP contribution in [0.3, 0.4) is 0 Å². The number of carbonyl (C=O) groups is 2. The lowest BCUT2D eigenvalue weighted by Gasteiger charge is -2.35. The van der Waals surface area contributed by atoms with Gasteiger partial charge in [-0.05, 0) is 24.7 Å². The van der Waals surface area contributed by atoms with Crippen LogP contribution in [0.25, 0.3) is 0 Å². The molecule has 0 saturated carbocycles. The van der Waals surface area contributed by atoms with Gasteiger partial charge in [0, 0.05) is 26.2 Å². The molecule has 0 bridgehead atoms. The number of hydrogen-bond donors (Lipinski definition) is 1. The molecule has 2 rings (SSSR count). The number of amides is 2. The summed E-state index contributed by atoms with van der Waals surface area (Å²) in [4.78, 5) is 27.2. The number of hydrogen-bond acceptors (Lipinski definition) is 2. The smallest absolute Gasteiger partial charge is 0.320 e. The Hall–Kier alpha value is -1.26. The molecule has 2 amide bonds. The van der Waals surface area contributed by atoms with E-state index in [0.717, 1.165) is 25.9 Å². The van der Waals surface area contributed by atoms with Gasteiger partial charge in [0.25, 0.3) is 0 Å². The van der Waals surface area contributed by atoms with Crippen molar-refractivity contribution in [3.05, 3.63) is 0 Å². The van der Waals surface area contributed by atoms with Crippen molar-refractivity contribution in [3.8, 4) is 0 Å². The van der Waals surface area contributed by atoms with Crippen LogP contribution in [0.2, 0.25) is 0 Å². The van der Waals surface area contributed by atoms with Crippen LogP contribution in [-0.2, 0) is 4.79 Å². The van der Waals surface area contributed by atoms with E-state index in [9.17, 15) is 9.59 Å². The molecule has 0 radical (unpaired) electrons. The number of likely N-dealkylation sites (tertiary alicyclic amines) is 2. The number of carboxylic acids is 1. The van der Waals surface area contributed by atoms with Crippen molar-refractivity contribution < 1.29 is 14.7 Å². The molecular weight excluding hydrogens is 244 g/mol. The first-order chi connectivity index (χ1) is 9.02. The SMILES string of the molecule is CCC1CCCN(C(=O)N2CC(C)C(C(=O)O)C2)C1. The number of nitrogens with zero attached hydrogens (tertiary/aromatic N) is 2. The van der Waals surface area contributed by atoms with Gasteiger partial charge in [0.15, 0.2) is 0 Å². The third-order valence-corrected chi connectivity index (χ3v) is 4.57. The maximum Gasteiger partial charge on any atom is 0.320 e. The second kappa shape index (κ2) is 5.80. The highest BCUT2D eigenvalue weighted by Crippen LogP contribution is 2.26. The summed E-state index contributed by atoms with van der Waals surface area (Å²) in [6.07, 6.45) is 3.38. The van der Waals surface area contributed by atoms with Crippen molar-refractivity contribution in [2.24, 2.45) is 17.8 Å². The van der Waals surface area contributed by atoms with Crippen LogP contribution in [0.4, 0.5) is 4.79 Å². The number of urea groups is 1. The number of carboxylic acid groups (broad SMARTS) is 1. The van der Waals surface area contributed by atoms with Crippen LogP contribution in [0.15, 0.2) is 0 Å². The van der Waals surface area contributed by atoms with Crippen LogP contribution in [0.1, 0.15) is 33.1 Å². The van der Waals surface area contributed by atoms with Crippen molar-refractivity contribution in [2.45, 2.75) is 33.1 Å². The number of piperidine rings is 1. The van der Waals surface area contributed by atoms with Gasteiger partial charge >= 0.3 is 12.0 Å². The van der Waals surface area contributed by atoms with Gasteiger partial charge in [0.1, 0.15) is 0 Å². The minimum Gasteiger partial charge on any atom is -0.481 e. The van der Waals surface area contributed by atoms with Gasteiger partial charge in [-0.15, -0.1) is 0 Å². The van der Waals surface area contributed by atoms with Gasteiger partial charge < -0.3 is 14.9 Å². The zero-order chi connectivity index (χ0) is 14.0. The Labute approximate surface area is 114 Å². The average molecular weight is 268 g/mol. The maximum absolute atomic E-state index is 12.4. The maximum atomic E-state index is 12.4. The molecule has 5 heteroatoms. The minimum atomic E-state index is -0.784. The Morgan fingerprint density at radius 3 is 2.53 bits per heavy atom. The third-order valence-electron chi connectivity index (χ3n) is 4.57. The molecule has 3 unspecified atom stereocenters. The van der Waals surface area contributed by atoms with Crippen molar-refractivity contribution in [1.29, 1.82) is 0 Å². The van der Waals surface area contributed by atoms with E-state index in [1.807, 2.05) is 11.8 Å². The number of carbonyl (C=O) groups excluding carboxylic acids is 1. The minimum absolute atomic E-state index is 0.0359. The summed E-state index contributed by atoms with van der Waals surface area (Å²) < 4.78 is 0. The van der Waals surface area contributed by atoms with E-state index in [-0.39, 0.29) is 11.9 Å². The Morgan fingerprint density at radius 2 is 1.95 bits per heavy atom. The zero-order valence-corrected chi connectivity index (χ0v) is 11.8. The van der Waals surface area contributed by atoms with Gasteiger partial charge in [-0.1, -0.05) is 20.3 Å². The van der Waals surface area contributed by atoms with E-state index in [2.05, 4.69) is 6.92 Å². The summed E-state index contributed by atoms with van der Waals surface area (Å²) in [5.74, 6) is -0.537. The molecule has 19 heavy (non-hydrogen) atoms. The van der Waals surface area contributed by atoms with Crippen molar-refractivity contribution >= 4 is 12.0 Å². The average Bonchev–Trinajstić information content (AvgIpc) is 2.80. The van der Waals surface area contributed by atoms with Crippen LogP contribution >= 0.6 is 0 Å². The topological polar surface area (TPSA) is 60.9 Å². The van der Waals surface area contributed by atoms with Gasteiger partial charge in [0.05, 0.1) is 5.92 Å². The summed E-state index contributed by atoms with van der Waals surface area (Å²) in [6.45, 7) is 6.66. The molecule has 3 atom stereocenters. The van der Waals surface area contributed by atoms with Crippen LogP contribution in [-0.4, -0.2) is 53.1 Å². The van der Waals surface area contributed by atoms with Gasteiger partial charge in [-0.25, -0.2) is 4.79 Å². The molecule has 108 valence electrons. The lowest BCUT2D eigenvalue weighted by atomic mass is 9.96. The van der Waals surface area contributed by atoms with E-state index in [0.29, 0.717) is 19.0 Å². The van der Waals surface area contributed by atoms with E-state index >= 15 is 0 Å². The molecule has 2 aliphatic rings. The molecule has 2 aliphatic heterocycles. The highest BCUT2D eigenvalue weighted by atomic mass is 16.4. The van der Waals surface area contributed by atoms with E-state index in [1.54, 1.807) is 4.90 Å². The van der Waals surface area contributed by atoms with E-state index in [4.69, 9.17) is 5.11 Å².